The van der Waals surface area contributed by atoms with Gasteiger partial charge in [-0.1, -0.05) is 13.8 Å². The molecule has 2 aromatic carbocycles. The van der Waals surface area contributed by atoms with Crippen LogP contribution in [0.4, 0.5) is 5.69 Å². The Morgan fingerprint density at radius 3 is 2.26 bits per heavy atom. The number of carbonyl (C=O) groups excluding carboxylic acids is 1. The summed E-state index contributed by atoms with van der Waals surface area (Å²) in [6.07, 6.45) is 0. The minimum Gasteiger partial charge on any atom is -0.497 e. The number of hydrogen-bond acceptors (Lipinski definition) is 5. The molecule has 0 unspecified atom stereocenters. The SMILES string of the molecule is COc1ccc(NS(=O)(=O)c2ccc(C(=O)NCC(C)C)cc2)c(OC)c1. The Kier molecular flexibility index (Phi) is 6.68. The van der Waals surface area contributed by atoms with E-state index in [-0.39, 0.29) is 16.5 Å². The van der Waals surface area contributed by atoms with Crippen molar-refractivity contribution in [3.05, 3.63) is 48.0 Å². The molecule has 8 heteroatoms. The van der Waals surface area contributed by atoms with E-state index in [1.807, 2.05) is 13.8 Å². The zero-order chi connectivity index (χ0) is 20.0. The second-order valence-electron chi connectivity index (χ2n) is 6.30. The monoisotopic (exact) mass is 392 g/mol. The lowest BCUT2D eigenvalue weighted by atomic mass is 10.2. The molecule has 2 rings (SSSR count). The topological polar surface area (TPSA) is 93.7 Å². The molecule has 0 aliphatic rings. The molecule has 0 aliphatic carbocycles. The van der Waals surface area contributed by atoms with Crippen LogP contribution >= 0.6 is 0 Å². The molecule has 2 aromatic rings. The smallest absolute Gasteiger partial charge is 0.262 e. The van der Waals surface area contributed by atoms with Gasteiger partial charge in [-0.25, -0.2) is 8.42 Å². The zero-order valence-electron chi connectivity index (χ0n) is 15.8. The van der Waals surface area contributed by atoms with Crippen molar-refractivity contribution < 1.29 is 22.7 Å². The molecule has 0 aliphatic heterocycles. The lowest BCUT2D eigenvalue weighted by molar-refractivity contribution is 0.0949. The maximum Gasteiger partial charge on any atom is 0.262 e. The van der Waals surface area contributed by atoms with Crippen LogP contribution in [-0.4, -0.2) is 35.1 Å². The highest BCUT2D eigenvalue weighted by Crippen LogP contribution is 2.30. The van der Waals surface area contributed by atoms with Crippen LogP contribution in [0.1, 0.15) is 24.2 Å². The molecule has 0 atom stereocenters. The Bertz CT molecular complexity index is 893. The quantitative estimate of drug-likeness (QED) is 0.720. The van der Waals surface area contributed by atoms with Crippen molar-refractivity contribution in [3.63, 3.8) is 0 Å². The molecule has 0 bridgehead atoms. The van der Waals surface area contributed by atoms with Gasteiger partial charge in [0.05, 0.1) is 24.8 Å². The van der Waals surface area contributed by atoms with Gasteiger partial charge >= 0.3 is 0 Å². The Morgan fingerprint density at radius 2 is 1.70 bits per heavy atom. The van der Waals surface area contributed by atoms with E-state index in [1.165, 1.54) is 38.5 Å². The van der Waals surface area contributed by atoms with Crippen LogP contribution in [0, 0.1) is 5.92 Å². The van der Waals surface area contributed by atoms with Gasteiger partial charge in [0.2, 0.25) is 0 Å². The number of sulfonamides is 1. The van der Waals surface area contributed by atoms with Crippen molar-refractivity contribution in [1.29, 1.82) is 0 Å². The van der Waals surface area contributed by atoms with E-state index in [9.17, 15) is 13.2 Å². The predicted molar refractivity (Wildman–Crippen MR) is 104 cm³/mol. The number of hydrogen-bond donors (Lipinski definition) is 2. The van der Waals surface area contributed by atoms with Gasteiger partial charge < -0.3 is 14.8 Å². The number of rotatable bonds is 8. The molecule has 0 saturated heterocycles. The van der Waals surface area contributed by atoms with E-state index in [4.69, 9.17) is 9.47 Å². The number of ether oxygens (including phenoxy) is 2. The third-order valence-electron chi connectivity index (χ3n) is 3.75. The van der Waals surface area contributed by atoms with E-state index in [0.29, 0.717) is 29.5 Å². The first kappa shape index (κ1) is 20.6. The minimum atomic E-state index is -3.84. The molecule has 2 N–H and O–H groups in total. The lowest BCUT2D eigenvalue weighted by Crippen LogP contribution is -2.27. The molecule has 7 nitrogen and oxygen atoms in total. The number of amides is 1. The van der Waals surface area contributed by atoms with Crippen molar-refractivity contribution in [1.82, 2.24) is 5.32 Å². The maximum atomic E-state index is 12.6. The van der Waals surface area contributed by atoms with E-state index >= 15 is 0 Å². The Morgan fingerprint density at radius 1 is 1.04 bits per heavy atom. The van der Waals surface area contributed by atoms with Crippen LogP contribution in [0.25, 0.3) is 0 Å². The second kappa shape index (κ2) is 8.77. The molecule has 146 valence electrons. The summed E-state index contributed by atoms with van der Waals surface area (Å²) in [5, 5.41) is 2.79. The molecule has 0 radical (unpaired) electrons. The van der Waals surface area contributed by atoms with Gasteiger partial charge in [0.1, 0.15) is 11.5 Å². The van der Waals surface area contributed by atoms with Crippen LogP contribution < -0.4 is 19.5 Å². The van der Waals surface area contributed by atoms with Crippen LogP contribution in [-0.2, 0) is 10.0 Å². The summed E-state index contributed by atoms with van der Waals surface area (Å²) in [5.74, 6) is 0.976. The molecular formula is C19H24N2O5S. The second-order valence-corrected chi connectivity index (χ2v) is 7.98. The highest BCUT2D eigenvalue weighted by atomic mass is 32.2. The van der Waals surface area contributed by atoms with Gasteiger partial charge in [-0.05, 0) is 42.3 Å². The summed E-state index contributed by atoms with van der Waals surface area (Å²) in [4.78, 5) is 12.1. The summed E-state index contributed by atoms with van der Waals surface area (Å²) in [6.45, 7) is 4.54. The average Bonchev–Trinajstić information content (AvgIpc) is 2.66. The van der Waals surface area contributed by atoms with E-state index in [0.717, 1.165) is 0 Å². The van der Waals surface area contributed by atoms with E-state index in [1.54, 1.807) is 18.2 Å². The zero-order valence-corrected chi connectivity index (χ0v) is 16.6. The third-order valence-corrected chi connectivity index (χ3v) is 5.13. The molecule has 0 aromatic heterocycles. The molecule has 1 amide bonds. The number of carbonyl (C=O) groups is 1. The van der Waals surface area contributed by atoms with E-state index in [2.05, 4.69) is 10.0 Å². The van der Waals surface area contributed by atoms with Gasteiger partial charge in [-0.15, -0.1) is 0 Å². The highest BCUT2D eigenvalue weighted by Gasteiger charge is 2.18. The predicted octanol–water partition coefficient (Wildman–Crippen LogP) is 2.89. The Hall–Kier alpha value is -2.74. The average molecular weight is 392 g/mol. The van der Waals surface area contributed by atoms with Crippen molar-refractivity contribution in [2.24, 2.45) is 5.92 Å². The Balaban J connectivity index is 2.18. The lowest BCUT2D eigenvalue weighted by Gasteiger charge is -2.13. The molecular weight excluding hydrogens is 368 g/mol. The maximum absolute atomic E-state index is 12.6. The van der Waals surface area contributed by atoms with E-state index < -0.39 is 10.0 Å². The van der Waals surface area contributed by atoms with Crippen molar-refractivity contribution in [3.8, 4) is 11.5 Å². The van der Waals surface area contributed by atoms with Crippen molar-refractivity contribution in [2.75, 3.05) is 25.5 Å². The molecule has 0 heterocycles. The fourth-order valence-corrected chi connectivity index (χ4v) is 3.34. The summed E-state index contributed by atoms with van der Waals surface area (Å²) in [7, 11) is -0.883. The van der Waals surface area contributed by atoms with Gasteiger partial charge in [-0.2, -0.15) is 0 Å². The van der Waals surface area contributed by atoms with Crippen LogP contribution in [0.15, 0.2) is 47.4 Å². The highest BCUT2D eigenvalue weighted by molar-refractivity contribution is 7.92. The standard InChI is InChI=1S/C19H24N2O5S/c1-13(2)12-20-19(22)14-5-8-16(9-6-14)27(23,24)21-17-10-7-15(25-3)11-18(17)26-4/h5-11,13,21H,12H2,1-4H3,(H,20,22). The first-order valence-corrected chi connectivity index (χ1v) is 9.88. The van der Waals surface area contributed by atoms with Crippen molar-refractivity contribution >= 4 is 21.6 Å². The summed E-state index contributed by atoms with van der Waals surface area (Å²) < 4.78 is 38.0. The summed E-state index contributed by atoms with van der Waals surface area (Å²) in [5.41, 5.74) is 0.689. The molecule has 27 heavy (non-hydrogen) atoms. The largest absolute Gasteiger partial charge is 0.497 e. The van der Waals surface area contributed by atoms with Crippen molar-refractivity contribution in [2.45, 2.75) is 18.7 Å². The molecule has 0 saturated carbocycles. The van der Waals surface area contributed by atoms with Gasteiger partial charge in [0, 0.05) is 18.2 Å². The number of nitrogens with one attached hydrogen (secondary N) is 2. The van der Waals surface area contributed by atoms with Gasteiger partial charge in [0.15, 0.2) is 0 Å². The first-order valence-electron chi connectivity index (χ1n) is 8.40. The Labute approximate surface area is 159 Å². The molecule has 0 spiro atoms. The number of methoxy groups -OCH3 is 2. The van der Waals surface area contributed by atoms with Crippen LogP contribution in [0.2, 0.25) is 0 Å². The van der Waals surface area contributed by atoms with Crippen LogP contribution in [0.5, 0.6) is 11.5 Å². The third kappa shape index (κ3) is 5.37. The normalized spacial score (nSPS) is 11.1. The minimum absolute atomic E-state index is 0.0424. The van der Waals surface area contributed by atoms with Gasteiger partial charge in [-0.3, -0.25) is 9.52 Å². The van der Waals surface area contributed by atoms with Crippen LogP contribution in [0.3, 0.4) is 0 Å². The number of benzene rings is 2. The fourth-order valence-electron chi connectivity index (χ4n) is 2.27. The first-order chi connectivity index (χ1) is 12.8. The fraction of sp³-hybridized carbons (Fsp3) is 0.316. The summed E-state index contributed by atoms with van der Waals surface area (Å²) in [6, 6.07) is 10.5. The van der Waals surface area contributed by atoms with Gasteiger partial charge in [0.25, 0.3) is 15.9 Å². The summed E-state index contributed by atoms with van der Waals surface area (Å²) >= 11 is 0. The number of anilines is 1. The molecule has 0 fully saturated rings.